The summed E-state index contributed by atoms with van der Waals surface area (Å²) in [5.74, 6) is -0.387. The molecule has 1 aliphatic heterocycles. The van der Waals surface area contributed by atoms with Gasteiger partial charge >= 0.3 is 0 Å². The molecule has 0 saturated carbocycles. The molecular weight excluding hydrogens is 456 g/mol. The molecule has 4 rings (SSSR count). The standard InChI is InChI=1S/C21H20BrClN4O2/c22-19-16-3-1-2-4-17(16)25-20(19)21(29)24-13-18(28)27-11-9-26(10-12-27)15-7-5-14(23)6-8-15/h1-8,25H,9-13H2,(H,24,29). The van der Waals surface area contributed by atoms with E-state index >= 15 is 0 Å². The summed E-state index contributed by atoms with van der Waals surface area (Å²) in [7, 11) is 0. The van der Waals surface area contributed by atoms with Gasteiger partial charge in [0, 0.05) is 47.8 Å². The van der Waals surface area contributed by atoms with Gasteiger partial charge in [0.15, 0.2) is 0 Å². The minimum Gasteiger partial charge on any atom is -0.368 e. The Morgan fingerprint density at radius 3 is 2.41 bits per heavy atom. The number of hydrogen-bond acceptors (Lipinski definition) is 3. The van der Waals surface area contributed by atoms with Gasteiger partial charge in [-0.3, -0.25) is 9.59 Å². The third-order valence-corrected chi connectivity index (χ3v) is 6.17. The second-order valence-electron chi connectivity index (χ2n) is 6.89. The second-order valence-corrected chi connectivity index (χ2v) is 8.12. The SMILES string of the molecule is O=C(NCC(=O)N1CCN(c2ccc(Cl)cc2)CC1)c1[nH]c2ccccc2c1Br. The Morgan fingerprint density at radius 1 is 1.03 bits per heavy atom. The van der Waals surface area contributed by atoms with Crippen molar-refractivity contribution in [2.45, 2.75) is 0 Å². The van der Waals surface area contributed by atoms with E-state index in [2.05, 4.69) is 31.1 Å². The van der Waals surface area contributed by atoms with Crippen LogP contribution >= 0.6 is 27.5 Å². The third-order valence-electron chi connectivity index (χ3n) is 5.09. The molecule has 0 bridgehead atoms. The number of nitrogens with zero attached hydrogens (tertiary/aromatic N) is 2. The maximum atomic E-state index is 12.5. The number of benzene rings is 2. The van der Waals surface area contributed by atoms with Crippen LogP contribution < -0.4 is 10.2 Å². The first-order valence-corrected chi connectivity index (χ1v) is 10.5. The number of halogens is 2. The molecule has 8 heteroatoms. The smallest absolute Gasteiger partial charge is 0.269 e. The lowest BCUT2D eigenvalue weighted by atomic mass is 10.2. The van der Waals surface area contributed by atoms with E-state index in [0.29, 0.717) is 28.3 Å². The van der Waals surface area contributed by atoms with E-state index < -0.39 is 0 Å². The van der Waals surface area contributed by atoms with Crippen LogP contribution in [-0.4, -0.2) is 54.4 Å². The quantitative estimate of drug-likeness (QED) is 0.605. The van der Waals surface area contributed by atoms with Gasteiger partial charge in [-0.25, -0.2) is 0 Å². The summed E-state index contributed by atoms with van der Waals surface area (Å²) in [5, 5.41) is 4.37. The van der Waals surface area contributed by atoms with Gasteiger partial charge in [-0.15, -0.1) is 0 Å². The van der Waals surface area contributed by atoms with Crippen LogP contribution in [0.3, 0.4) is 0 Å². The van der Waals surface area contributed by atoms with Gasteiger partial charge in [0.25, 0.3) is 5.91 Å². The fourth-order valence-corrected chi connectivity index (χ4v) is 4.24. The maximum absolute atomic E-state index is 12.5. The Balaban J connectivity index is 1.31. The fourth-order valence-electron chi connectivity index (χ4n) is 3.49. The first kappa shape index (κ1) is 19.8. The number of hydrogen-bond donors (Lipinski definition) is 2. The van der Waals surface area contributed by atoms with Gasteiger partial charge in [-0.05, 0) is 46.3 Å². The van der Waals surface area contributed by atoms with E-state index in [-0.39, 0.29) is 18.4 Å². The molecule has 0 radical (unpaired) electrons. The second kappa shape index (κ2) is 8.47. The van der Waals surface area contributed by atoms with E-state index in [9.17, 15) is 9.59 Å². The molecule has 1 aromatic heterocycles. The number of rotatable bonds is 4. The Hall–Kier alpha value is -2.51. The van der Waals surface area contributed by atoms with Crippen molar-refractivity contribution in [3.63, 3.8) is 0 Å². The molecule has 1 aliphatic rings. The van der Waals surface area contributed by atoms with E-state index in [4.69, 9.17) is 11.6 Å². The largest absolute Gasteiger partial charge is 0.368 e. The number of anilines is 1. The summed E-state index contributed by atoms with van der Waals surface area (Å²) in [4.78, 5) is 32.2. The molecule has 0 atom stereocenters. The molecular formula is C21H20BrClN4O2. The normalized spacial score (nSPS) is 14.3. The van der Waals surface area contributed by atoms with Crippen LogP contribution in [0.15, 0.2) is 53.0 Å². The van der Waals surface area contributed by atoms with E-state index in [1.54, 1.807) is 4.90 Å². The van der Waals surface area contributed by atoms with Gasteiger partial charge < -0.3 is 20.1 Å². The highest BCUT2D eigenvalue weighted by molar-refractivity contribution is 9.10. The number of H-pyrrole nitrogens is 1. The van der Waals surface area contributed by atoms with Crippen LogP contribution in [-0.2, 0) is 4.79 Å². The molecule has 0 unspecified atom stereocenters. The number of aromatic amines is 1. The average molecular weight is 476 g/mol. The highest BCUT2D eigenvalue weighted by Crippen LogP contribution is 2.27. The number of nitrogens with one attached hydrogen (secondary N) is 2. The summed E-state index contributed by atoms with van der Waals surface area (Å²) in [6, 6.07) is 15.4. The number of fused-ring (bicyclic) bond motifs is 1. The van der Waals surface area contributed by atoms with Gasteiger partial charge in [0.05, 0.1) is 11.0 Å². The highest BCUT2D eigenvalue weighted by atomic mass is 79.9. The van der Waals surface area contributed by atoms with Crippen LogP contribution in [0, 0.1) is 0 Å². The van der Waals surface area contributed by atoms with Crippen molar-refractivity contribution in [2.24, 2.45) is 0 Å². The summed E-state index contributed by atoms with van der Waals surface area (Å²) < 4.78 is 0.703. The Bertz CT molecular complexity index is 1040. The van der Waals surface area contributed by atoms with Crippen molar-refractivity contribution in [1.82, 2.24) is 15.2 Å². The predicted molar refractivity (Wildman–Crippen MR) is 119 cm³/mol. The first-order valence-electron chi connectivity index (χ1n) is 9.35. The van der Waals surface area contributed by atoms with Gasteiger partial charge in [-0.2, -0.15) is 0 Å². The monoisotopic (exact) mass is 474 g/mol. The minimum absolute atomic E-state index is 0.0262. The van der Waals surface area contributed by atoms with Crippen molar-refractivity contribution < 1.29 is 9.59 Å². The molecule has 0 aliphatic carbocycles. The molecule has 1 saturated heterocycles. The number of aromatic nitrogens is 1. The molecule has 150 valence electrons. The van der Waals surface area contributed by atoms with Crippen LogP contribution in [0.4, 0.5) is 5.69 Å². The van der Waals surface area contributed by atoms with Crippen LogP contribution in [0.25, 0.3) is 10.9 Å². The number of carbonyl (C=O) groups is 2. The zero-order chi connectivity index (χ0) is 20.4. The predicted octanol–water partition coefficient (Wildman–Crippen LogP) is 3.66. The number of para-hydroxylation sites is 1. The van der Waals surface area contributed by atoms with Crippen LogP contribution in [0.2, 0.25) is 5.02 Å². The maximum Gasteiger partial charge on any atom is 0.269 e. The molecule has 1 fully saturated rings. The first-order chi connectivity index (χ1) is 14.0. The fraction of sp³-hybridized carbons (Fsp3) is 0.238. The number of piperazine rings is 1. The van der Waals surface area contributed by atoms with Crippen molar-refractivity contribution >= 4 is 55.9 Å². The summed E-state index contributed by atoms with van der Waals surface area (Å²) in [5.41, 5.74) is 2.39. The zero-order valence-corrected chi connectivity index (χ0v) is 18.0. The zero-order valence-electron chi connectivity index (χ0n) is 15.6. The van der Waals surface area contributed by atoms with Crippen LogP contribution in [0.5, 0.6) is 0 Å². The third kappa shape index (κ3) is 4.26. The summed E-state index contributed by atoms with van der Waals surface area (Å²) in [6.07, 6.45) is 0. The Morgan fingerprint density at radius 2 is 1.72 bits per heavy atom. The van der Waals surface area contributed by atoms with Crippen molar-refractivity contribution in [1.29, 1.82) is 0 Å². The minimum atomic E-state index is -0.304. The van der Waals surface area contributed by atoms with Crippen molar-refractivity contribution in [2.75, 3.05) is 37.6 Å². The summed E-state index contributed by atoms with van der Waals surface area (Å²) >= 11 is 9.41. The lowest BCUT2D eigenvalue weighted by Gasteiger charge is -2.36. The number of carbonyl (C=O) groups excluding carboxylic acids is 2. The van der Waals surface area contributed by atoms with Crippen molar-refractivity contribution in [3.8, 4) is 0 Å². The van der Waals surface area contributed by atoms with E-state index in [1.165, 1.54) is 0 Å². The van der Waals surface area contributed by atoms with E-state index in [1.807, 2.05) is 48.5 Å². The lowest BCUT2D eigenvalue weighted by Crippen LogP contribution is -2.51. The van der Waals surface area contributed by atoms with Gasteiger partial charge in [0.1, 0.15) is 5.69 Å². The molecule has 2 amide bonds. The molecule has 29 heavy (non-hydrogen) atoms. The number of amides is 2. The molecule has 2 N–H and O–H groups in total. The highest BCUT2D eigenvalue weighted by Gasteiger charge is 2.22. The molecule has 0 spiro atoms. The Kier molecular flexibility index (Phi) is 5.78. The molecule has 3 aromatic rings. The summed E-state index contributed by atoms with van der Waals surface area (Å²) in [6.45, 7) is 2.70. The van der Waals surface area contributed by atoms with Gasteiger partial charge in [-0.1, -0.05) is 29.8 Å². The van der Waals surface area contributed by atoms with Crippen LogP contribution in [0.1, 0.15) is 10.5 Å². The Labute approximate surface area is 181 Å². The van der Waals surface area contributed by atoms with Crippen molar-refractivity contribution in [3.05, 3.63) is 63.7 Å². The molecule has 2 heterocycles. The lowest BCUT2D eigenvalue weighted by molar-refractivity contribution is -0.130. The topological polar surface area (TPSA) is 68.4 Å². The molecule has 2 aromatic carbocycles. The average Bonchev–Trinajstić information content (AvgIpc) is 3.09. The van der Waals surface area contributed by atoms with Gasteiger partial charge in [0.2, 0.25) is 5.91 Å². The van der Waals surface area contributed by atoms with E-state index in [0.717, 1.165) is 29.7 Å². The molecule has 6 nitrogen and oxygen atoms in total.